The molecule has 0 aromatic rings. The lowest BCUT2D eigenvalue weighted by molar-refractivity contribution is -0.418. The van der Waals surface area contributed by atoms with Crippen molar-refractivity contribution in [2.45, 2.75) is 52.7 Å². The number of nitro groups is 1. The van der Waals surface area contributed by atoms with Crippen molar-refractivity contribution in [3.05, 3.63) is 21.6 Å². The van der Waals surface area contributed by atoms with Crippen LogP contribution in [0.15, 0.2) is 16.4 Å². The van der Waals surface area contributed by atoms with Gasteiger partial charge in [-0.2, -0.15) is 0 Å². The molecule has 0 fully saturated rings. The summed E-state index contributed by atoms with van der Waals surface area (Å²) in [5.74, 6) is -1.70. The van der Waals surface area contributed by atoms with E-state index in [0.29, 0.717) is 6.42 Å². The molecule has 1 amide bonds. The van der Waals surface area contributed by atoms with Gasteiger partial charge >= 0.3 is 17.8 Å². The van der Waals surface area contributed by atoms with Gasteiger partial charge in [0.2, 0.25) is 0 Å². The quantitative estimate of drug-likeness (QED) is 0.273. The van der Waals surface area contributed by atoms with Crippen molar-refractivity contribution >= 4 is 18.3 Å². The lowest BCUT2D eigenvalue weighted by Gasteiger charge is -2.23. The van der Waals surface area contributed by atoms with Crippen molar-refractivity contribution in [2.24, 2.45) is 10.9 Å². The predicted molar refractivity (Wildman–Crippen MR) is 94.6 cm³/mol. The molecule has 0 radical (unpaired) electrons. The summed E-state index contributed by atoms with van der Waals surface area (Å²) in [6, 6.07) is -1.43. The molecule has 0 aliphatic rings. The highest BCUT2D eigenvalue weighted by Gasteiger charge is 2.28. The van der Waals surface area contributed by atoms with Crippen LogP contribution in [-0.4, -0.2) is 53.6 Å². The Labute approximate surface area is 152 Å². The summed E-state index contributed by atoms with van der Waals surface area (Å²) in [5.41, 5.74) is -1.16. The number of allylic oxidation sites excluding steroid dienone is 2. The minimum Gasteiger partial charge on any atom is -0.488 e. The second kappa shape index (κ2) is 10.4. The SMILES string of the molecule is CCC(C)/C(OC[C@H](NC(=O)OC(C)(C)C)C(=O)O)=C(\C=NC)[N+](=O)[O-]. The lowest BCUT2D eigenvalue weighted by atomic mass is 10.1. The summed E-state index contributed by atoms with van der Waals surface area (Å²) in [6.45, 7) is 7.92. The van der Waals surface area contributed by atoms with Crippen LogP contribution in [0.25, 0.3) is 0 Å². The topological polar surface area (TPSA) is 140 Å². The number of aliphatic imine (C=N–C) groups is 1. The first-order chi connectivity index (χ1) is 11.9. The molecule has 0 aliphatic carbocycles. The van der Waals surface area contributed by atoms with Gasteiger partial charge in [0.05, 0.1) is 4.92 Å². The van der Waals surface area contributed by atoms with Gasteiger partial charge in [-0.25, -0.2) is 9.59 Å². The number of nitrogens with zero attached hydrogens (tertiary/aromatic N) is 2. The third kappa shape index (κ3) is 8.45. The molecule has 0 aromatic heterocycles. The van der Waals surface area contributed by atoms with E-state index in [9.17, 15) is 24.8 Å². The molecule has 0 spiro atoms. The van der Waals surface area contributed by atoms with Crippen molar-refractivity contribution < 1.29 is 29.1 Å². The largest absolute Gasteiger partial charge is 0.488 e. The van der Waals surface area contributed by atoms with Gasteiger partial charge in [0, 0.05) is 13.0 Å². The van der Waals surface area contributed by atoms with Crippen LogP contribution in [0.3, 0.4) is 0 Å². The molecule has 2 N–H and O–H groups in total. The Morgan fingerprint density at radius 2 is 1.96 bits per heavy atom. The molecule has 0 saturated heterocycles. The highest BCUT2D eigenvalue weighted by molar-refractivity contribution is 5.80. The molecule has 0 heterocycles. The molecular weight excluding hydrogens is 346 g/mol. The second-order valence-electron chi connectivity index (χ2n) is 6.55. The maximum Gasteiger partial charge on any atom is 0.408 e. The van der Waals surface area contributed by atoms with E-state index in [1.807, 2.05) is 6.92 Å². The zero-order valence-electron chi connectivity index (χ0n) is 15.9. The summed E-state index contributed by atoms with van der Waals surface area (Å²) in [7, 11) is 1.38. The van der Waals surface area contributed by atoms with E-state index in [4.69, 9.17) is 9.47 Å². The van der Waals surface area contributed by atoms with Crippen LogP contribution in [0.5, 0.6) is 0 Å². The van der Waals surface area contributed by atoms with Crippen LogP contribution in [-0.2, 0) is 14.3 Å². The fourth-order valence-electron chi connectivity index (χ4n) is 1.77. The van der Waals surface area contributed by atoms with Gasteiger partial charge in [-0.15, -0.1) is 0 Å². The van der Waals surface area contributed by atoms with Crippen LogP contribution < -0.4 is 5.32 Å². The van der Waals surface area contributed by atoms with Crippen LogP contribution >= 0.6 is 0 Å². The minimum absolute atomic E-state index is 0.000314. The Balaban J connectivity index is 5.38. The number of rotatable bonds is 9. The van der Waals surface area contributed by atoms with E-state index in [1.165, 1.54) is 7.05 Å². The van der Waals surface area contributed by atoms with Gasteiger partial charge in [-0.3, -0.25) is 15.1 Å². The third-order valence-corrected chi connectivity index (χ3v) is 3.16. The first-order valence-corrected chi connectivity index (χ1v) is 8.08. The molecule has 2 atom stereocenters. The molecule has 0 aromatic carbocycles. The number of hydrogen-bond donors (Lipinski definition) is 2. The van der Waals surface area contributed by atoms with Crippen molar-refractivity contribution in [1.82, 2.24) is 5.32 Å². The molecule has 1 unspecified atom stereocenters. The lowest BCUT2D eigenvalue weighted by Crippen LogP contribution is -2.46. The Morgan fingerprint density at radius 1 is 1.38 bits per heavy atom. The summed E-state index contributed by atoms with van der Waals surface area (Å²) >= 11 is 0. The summed E-state index contributed by atoms with van der Waals surface area (Å²) in [5, 5.41) is 22.7. The van der Waals surface area contributed by atoms with Crippen LogP contribution in [0, 0.1) is 16.0 Å². The Hall–Kier alpha value is -2.65. The number of aliphatic carboxylic acids is 1. The zero-order chi connectivity index (χ0) is 20.5. The second-order valence-corrected chi connectivity index (χ2v) is 6.55. The smallest absolute Gasteiger partial charge is 0.408 e. The summed E-state index contributed by atoms with van der Waals surface area (Å²) in [4.78, 5) is 37.3. The highest BCUT2D eigenvalue weighted by atomic mass is 16.6. The Kier molecular flexibility index (Phi) is 9.31. The highest BCUT2D eigenvalue weighted by Crippen LogP contribution is 2.20. The van der Waals surface area contributed by atoms with E-state index in [-0.39, 0.29) is 17.4 Å². The fourth-order valence-corrected chi connectivity index (χ4v) is 1.77. The van der Waals surface area contributed by atoms with E-state index in [0.717, 1.165) is 6.21 Å². The number of carbonyl (C=O) groups is 2. The predicted octanol–water partition coefficient (Wildman–Crippen LogP) is 2.22. The molecule has 0 aliphatic heterocycles. The van der Waals surface area contributed by atoms with Crippen LogP contribution in [0.2, 0.25) is 0 Å². The number of ether oxygens (including phenoxy) is 2. The van der Waals surface area contributed by atoms with Crippen molar-refractivity contribution in [3.8, 4) is 0 Å². The van der Waals surface area contributed by atoms with E-state index in [2.05, 4.69) is 10.3 Å². The van der Waals surface area contributed by atoms with Gasteiger partial charge in [-0.05, 0) is 27.2 Å². The Morgan fingerprint density at radius 3 is 2.35 bits per heavy atom. The van der Waals surface area contributed by atoms with E-state index >= 15 is 0 Å². The molecule has 0 saturated carbocycles. The zero-order valence-corrected chi connectivity index (χ0v) is 15.9. The van der Waals surface area contributed by atoms with Gasteiger partial charge in [-0.1, -0.05) is 13.8 Å². The van der Waals surface area contributed by atoms with Gasteiger partial charge < -0.3 is 19.9 Å². The molecular formula is C16H27N3O7. The fraction of sp³-hybridized carbons (Fsp3) is 0.688. The van der Waals surface area contributed by atoms with Crippen molar-refractivity contribution in [3.63, 3.8) is 0 Å². The number of nitrogens with one attached hydrogen (secondary N) is 1. The number of hydrogen-bond acceptors (Lipinski definition) is 7. The summed E-state index contributed by atoms with van der Waals surface area (Å²) in [6.07, 6.45) is 0.646. The first kappa shape index (κ1) is 23.4. The van der Waals surface area contributed by atoms with Crippen LogP contribution in [0.1, 0.15) is 41.0 Å². The van der Waals surface area contributed by atoms with E-state index < -0.39 is 35.2 Å². The first-order valence-electron chi connectivity index (χ1n) is 8.08. The molecule has 10 nitrogen and oxygen atoms in total. The van der Waals surface area contributed by atoms with Gasteiger partial charge in [0.1, 0.15) is 18.4 Å². The maximum atomic E-state index is 11.8. The van der Waals surface area contributed by atoms with Crippen molar-refractivity contribution in [1.29, 1.82) is 0 Å². The van der Waals surface area contributed by atoms with Crippen molar-refractivity contribution in [2.75, 3.05) is 13.7 Å². The number of carboxylic acids is 1. The van der Waals surface area contributed by atoms with E-state index in [1.54, 1.807) is 27.7 Å². The summed E-state index contributed by atoms with van der Waals surface area (Å²) < 4.78 is 10.4. The number of amides is 1. The molecule has 148 valence electrons. The van der Waals surface area contributed by atoms with Gasteiger partial charge in [0.15, 0.2) is 11.8 Å². The average Bonchev–Trinajstić information content (AvgIpc) is 2.50. The number of carbonyl (C=O) groups excluding carboxylic acids is 1. The molecule has 26 heavy (non-hydrogen) atoms. The standard InChI is InChI=1S/C16H27N3O7/c1-7-10(2)13(12(8-17-6)19(23)24)25-9-11(14(20)21)18-15(22)26-16(3,4)5/h8,10-11H,7,9H2,1-6H3,(H,18,22)(H,20,21)/b13-12-,17-8?/t10?,11-/m0/s1. The van der Waals surface area contributed by atoms with Crippen LogP contribution in [0.4, 0.5) is 4.79 Å². The average molecular weight is 373 g/mol. The Bertz CT molecular complexity index is 579. The maximum absolute atomic E-state index is 11.8. The molecule has 10 heteroatoms. The number of carboxylic acid groups (broad SMARTS) is 1. The molecule has 0 rings (SSSR count). The van der Waals surface area contributed by atoms with Gasteiger partial charge in [0.25, 0.3) is 0 Å². The number of alkyl carbamates (subject to hydrolysis) is 1. The monoisotopic (exact) mass is 373 g/mol. The normalized spacial score (nSPS) is 15.0. The minimum atomic E-state index is -1.43. The third-order valence-electron chi connectivity index (χ3n) is 3.16. The molecule has 0 bridgehead atoms.